The zero-order valence-corrected chi connectivity index (χ0v) is 13.9. The third-order valence-corrected chi connectivity index (χ3v) is 4.33. The number of anilines is 1. The Balaban J connectivity index is 1.97. The molecule has 1 aromatic carbocycles. The minimum absolute atomic E-state index is 0.107. The Labute approximate surface area is 134 Å². The molecule has 0 saturated carbocycles. The number of hydrogen-bond donors (Lipinski definition) is 2. The lowest BCUT2D eigenvalue weighted by Gasteiger charge is -2.27. The van der Waals surface area contributed by atoms with Gasteiger partial charge in [-0.15, -0.1) is 0 Å². The summed E-state index contributed by atoms with van der Waals surface area (Å²) in [5.74, 6) is -0.107. The van der Waals surface area contributed by atoms with Crippen LogP contribution in [0.15, 0.2) is 24.3 Å². The van der Waals surface area contributed by atoms with E-state index in [1.807, 2.05) is 19.1 Å². The molecule has 1 saturated heterocycles. The quantitative estimate of drug-likeness (QED) is 0.849. The first-order chi connectivity index (χ1) is 10.5. The number of carbonyl (C=O) groups excluding carboxylic acids is 1. The van der Waals surface area contributed by atoms with Crippen LogP contribution in [0.25, 0.3) is 0 Å². The van der Waals surface area contributed by atoms with Gasteiger partial charge in [0.15, 0.2) is 0 Å². The molecule has 0 radical (unpaired) electrons. The summed E-state index contributed by atoms with van der Waals surface area (Å²) in [6, 6.07) is 8.12. The summed E-state index contributed by atoms with van der Waals surface area (Å²) < 4.78 is 0. The van der Waals surface area contributed by atoms with Crippen molar-refractivity contribution in [3.8, 4) is 0 Å². The molecular formula is C18H29N3O. The molecule has 22 heavy (non-hydrogen) atoms. The van der Waals surface area contributed by atoms with Gasteiger partial charge < -0.3 is 11.1 Å². The van der Waals surface area contributed by atoms with Crippen LogP contribution in [-0.4, -0.2) is 29.4 Å². The van der Waals surface area contributed by atoms with Gasteiger partial charge in [0.25, 0.3) is 0 Å². The van der Waals surface area contributed by atoms with E-state index in [1.54, 1.807) is 6.92 Å². The monoisotopic (exact) mass is 303 g/mol. The third-order valence-electron chi connectivity index (χ3n) is 4.33. The fourth-order valence-corrected chi connectivity index (χ4v) is 3.03. The van der Waals surface area contributed by atoms with Gasteiger partial charge in [0.2, 0.25) is 5.91 Å². The summed E-state index contributed by atoms with van der Waals surface area (Å²) in [5, 5.41) is 2.96. The predicted molar refractivity (Wildman–Crippen MR) is 91.7 cm³/mol. The van der Waals surface area contributed by atoms with Crippen molar-refractivity contribution in [2.24, 2.45) is 5.73 Å². The Morgan fingerprint density at radius 3 is 2.73 bits per heavy atom. The van der Waals surface area contributed by atoms with Gasteiger partial charge in [-0.25, -0.2) is 0 Å². The first-order valence-electron chi connectivity index (χ1n) is 8.43. The Bertz CT molecular complexity index is 493. The Hall–Kier alpha value is -1.39. The molecule has 4 heteroatoms. The van der Waals surface area contributed by atoms with Crippen LogP contribution < -0.4 is 11.1 Å². The lowest BCUT2D eigenvalue weighted by Crippen LogP contribution is -2.48. The van der Waals surface area contributed by atoms with E-state index in [0.717, 1.165) is 18.7 Å². The first kappa shape index (κ1) is 17.0. The second-order valence-corrected chi connectivity index (χ2v) is 6.66. The highest BCUT2D eigenvalue weighted by molar-refractivity contribution is 5.97. The number of nitrogens with one attached hydrogen (secondary N) is 1. The number of hydrogen-bond acceptors (Lipinski definition) is 3. The average molecular weight is 303 g/mol. The van der Waals surface area contributed by atoms with E-state index in [-0.39, 0.29) is 5.91 Å². The van der Waals surface area contributed by atoms with E-state index in [1.165, 1.54) is 37.9 Å². The number of nitrogens with two attached hydrogens (primary N) is 1. The maximum Gasteiger partial charge on any atom is 0.244 e. The van der Waals surface area contributed by atoms with Gasteiger partial charge in [-0.1, -0.05) is 31.9 Å². The van der Waals surface area contributed by atoms with Crippen LogP contribution in [0.5, 0.6) is 0 Å². The molecule has 1 unspecified atom stereocenters. The lowest BCUT2D eigenvalue weighted by molar-refractivity contribution is -0.120. The molecule has 0 aliphatic carbocycles. The number of amides is 1. The number of carbonyl (C=O) groups is 1. The zero-order chi connectivity index (χ0) is 16.0. The van der Waals surface area contributed by atoms with Crippen molar-refractivity contribution in [1.82, 2.24) is 4.90 Å². The van der Waals surface area contributed by atoms with Crippen molar-refractivity contribution >= 4 is 11.6 Å². The first-order valence-corrected chi connectivity index (χ1v) is 8.43. The molecule has 1 aliphatic heterocycles. The molecule has 0 bridgehead atoms. The highest BCUT2D eigenvalue weighted by Gasteiger charge is 2.27. The van der Waals surface area contributed by atoms with Crippen molar-refractivity contribution in [2.45, 2.75) is 58.0 Å². The molecular weight excluding hydrogens is 274 g/mol. The van der Waals surface area contributed by atoms with Gasteiger partial charge in [-0.05, 0) is 57.0 Å². The van der Waals surface area contributed by atoms with Crippen LogP contribution in [0.2, 0.25) is 0 Å². The molecule has 1 heterocycles. The third kappa shape index (κ3) is 4.82. The predicted octanol–water partition coefficient (Wildman–Crippen LogP) is 3.13. The molecule has 1 fully saturated rings. The lowest BCUT2D eigenvalue weighted by atomic mass is 9.96. The van der Waals surface area contributed by atoms with Crippen molar-refractivity contribution in [2.75, 3.05) is 18.4 Å². The zero-order valence-electron chi connectivity index (χ0n) is 13.9. The van der Waals surface area contributed by atoms with Gasteiger partial charge in [0.1, 0.15) is 0 Å². The highest BCUT2D eigenvalue weighted by Crippen LogP contribution is 2.18. The summed E-state index contributed by atoms with van der Waals surface area (Å²) in [4.78, 5) is 14.8. The number of piperidine rings is 1. The Morgan fingerprint density at radius 1 is 1.32 bits per heavy atom. The summed E-state index contributed by atoms with van der Waals surface area (Å²) in [6.07, 6.45) is 5.51. The van der Waals surface area contributed by atoms with Crippen molar-refractivity contribution < 1.29 is 4.79 Å². The topological polar surface area (TPSA) is 58.4 Å². The molecule has 1 aromatic rings. The fourth-order valence-electron chi connectivity index (χ4n) is 3.03. The van der Waals surface area contributed by atoms with Crippen molar-refractivity contribution in [1.29, 1.82) is 0 Å². The second-order valence-electron chi connectivity index (χ2n) is 6.66. The van der Waals surface area contributed by atoms with Crippen molar-refractivity contribution in [3.05, 3.63) is 29.8 Å². The standard InChI is InChI=1S/C18H29N3O/c1-3-10-18(2,19)17(22)20-16-9-7-8-15(13-16)14-21-11-5-4-6-12-21/h7-9,13H,3-6,10-12,14,19H2,1-2H3,(H,20,22). The highest BCUT2D eigenvalue weighted by atomic mass is 16.2. The largest absolute Gasteiger partial charge is 0.324 e. The van der Waals surface area contributed by atoms with Gasteiger partial charge in [0.05, 0.1) is 5.54 Å². The second kappa shape index (κ2) is 7.75. The molecule has 0 aromatic heterocycles. The molecule has 1 amide bonds. The number of likely N-dealkylation sites (tertiary alicyclic amines) is 1. The molecule has 3 N–H and O–H groups in total. The van der Waals surface area contributed by atoms with Gasteiger partial charge >= 0.3 is 0 Å². The average Bonchev–Trinajstić information content (AvgIpc) is 2.48. The molecule has 1 atom stereocenters. The van der Waals surface area contributed by atoms with E-state index in [4.69, 9.17) is 5.73 Å². The number of rotatable bonds is 6. The molecule has 2 rings (SSSR count). The van der Waals surface area contributed by atoms with E-state index in [2.05, 4.69) is 22.3 Å². The van der Waals surface area contributed by atoms with Crippen LogP contribution in [0.4, 0.5) is 5.69 Å². The van der Waals surface area contributed by atoms with Crippen LogP contribution in [-0.2, 0) is 11.3 Å². The van der Waals surface area contributed by atoms with E-state index >= 15 is 0 Å². The molecule has 4 nitrogen and oxygen atoms in total. The Morgan fingerprint density at radius 2 is 2.05 bits per heavy atom. The van der Waals surface area contributed by atoms with E-state index in [9.17, 15) is 4.79 Å². The summed E-state index contributed by atoms with van der Waals surface area (Å²) >= 11 is 0. The van der Waals surface area contributed by atoms with E-state index < -0.39 is 5.54 Å². The normalized spacial score (nSPS) is 18.7. The Kier molecular flexibility index (Phi) is 5.98. The number of nitrogens with zero attached hydrogens (tertiary/aromatic N) is 1. The van der Waals surface area contributed by atoms with Gasteiger partial charge in [0, 0.05) is 12.2 Å². The van der Waals surface area contributed by atoms with Crippen LogP contribution in [0, 0.1) is 0 Å². The maximum atomic E-state index is 12.3. The summed E-state index contributed by atoms with van der Waals surface area (Å²) in [6.45, 7) is 7.14. The summed E-state index contributed by atoms with van der Waals surface area (Å²) in [7, 11) is 0. The van der Waals surface area contributed by atoms with Crippen LogP contribution in [0.3, 0.4) is 0 Å². The fraction of sp³-hybridized carbons (Fsp3) is 0.611. The minimum Gasteiger partial charge on any atom is -0.324 e. The van der Waals surface area contributed by atoms with Crippen LogP contribution in [0.1, 0.15) is 51.5 Å². The minimum atomic E-state index is -0.808. The molecule has 1 aliphatic rings. The number of benzene rings is 1. The summed E-state index contributed by atoms with van der Waals surface area (Å²) in [5.41, 5.74) is 7.36. The SMILES string of the molecule is CCCC(C)(N)C(=O)Nc1cccc(CN2CCCCC2)c1. The van der Waals surface area contributed by atoms with Crippen LogP contribution >= 0.6 is 0 Å². The van der Waals surface area contributed by atoms with E-state index in [0.29, 0.717) is 6.42 Å². The van der Waals surface area contributed by atoms with Crippen molar-refractivity contribution in [3.63, 3.8) is 0 Å². The molecule has 122 valence electrons. The molecule has 0 spiro atoms. The smallest absolute Gasteiger partial charge is 0.244 e. The maximum absolute atomic E-state index is 12.3. The van der Waals surface area contributed by atoms with Gasteiger partial charge in [-0.3, -0.25) is 9.69 Å². The van der Waals surface area contributed by atoms with Gasteiger partial charge in [-0.2, -0.15) is 0 Å².